The fraction of sp³-hybridized carbons (Fsp3) is 0.600. The second-order valence-electron chi connectivity index (χ2n) is 4.98. The third kappa shape index (κ3) is 3.47. The molecule has 1 aliphatic carbocycles. The lowest BCUT2D eigenvalue weighted by Crippen LogP contribution is -2.20. The quantitative estimate of drug-likeness (QED) is 0.811. The third-order valence-corrected chi connectivity index (χ3v) is 3.61. The van der Waals surface area contributed by atoms with E-state index in [-0.39, 0.29) is 0 Å². The summed E-state index contributed by atoms with van der Waals surface area (Å²) >= 11 is 0. The van der Waals surface area contributed by atoms with Crippen LogP contribution in [0.25, 0.3) is 0 Å². The molecule has 1 aromatic carbocycles. The number of nitrogens with two attached hydrogens (primary N) is 1. The van der Waals surface area contributed by atoms with Crippen molar-refractivity contribution in [1.82, 2.24) is 0 Å². The van der Waals surface area contributed by atoms with Crippen LogP contribution in [0, 0.1) is 0 Å². The molecule has 0 aliphatic heterocycles. The Hall–Kier alpha value is -1.02. The minimum atomic E-state index is 0.373. The van der Waals surface area contributed by atoms with Gasteiger partial charge in [0.1, 0.15) is 5.75 Å². The van der Waals surface area contributed by atoms with Crippen LogP contribution in [-0.4, -0.2) is 12.6 Å². The van der Waals surface area contributed by atoms with Gasteiger partial charge >= 0.3 is 0 Å². The molecule has 2 heteroatoms. The van der Waals surface area contributed by atoms with E-state index < -0.39 is 0 Å². The summed E-state index contributed by atoms with van der Waals surface area (Å²) in [6.07, 6.45) is 6.15. The second kappa shape index (κ2) is 6.06. The van der Waals surface area contributed by atoms with E-state index in [1.54, 1.807) is 0 Å². The molecule has 17 heavy (non-hydrogen) atoms. The first-order valence-corrected chi connectivity index (χ1v) is 6.78. The number of benzene rings is 1. The van der Waals surface area contributed by atoms with E-state index in [0.29, 0.717) is 12.0 Å². The first-order chi connectivity index (χ1) is 8.29. The van der Waals surface area contributed by atoms with Crippen LogP contribution in [0.4, 0.5) is 0 Å². The predicted molar refractivity (Wildman–Crippen MR) is 71.4 cm³/mol. The van der Waals surface area contributed by atoms with Gasteiger partial charge in [-0.2, -0.15) is 0 Å². The van der Waals surface area contributed by atoms with Crippen LogP contribution in [0.3, 0.4) is 0 Å². The monoisotopic (exact) mass is 233 g/mol. The molecule has 1 aromatic rings. The molecule has 0 saturated heterocycles. The molecule has 0 bridgehead atoms. The van der Waals surface area contributed by atoms with Crippen LogP contribution in [-0.2, 0) is 0 Å². The highest BCUT2D eigenvalue weighted by molar-refractivity contribution is 5.31. The molecule has 0 spiro atoms. The number of ether oxygens (including phenoxy) is 1. The average Bonchev–Trinajstić information content (AvgIpc) is 2.55. The van der Waals surface area contributed by atoms with Gasteiger partial charge in [0.2, 0.25) is 0 Å². The minimum Gasteiger partial charge on any atom is -0.494 e. The maximum Gasteiger partial charge on any atom is 0.119 e. The molecule has 0 amide bonds. The lowest BCUT2D eigenvalue weighted by Gasteiger charge is -2.18. The summed E-state index contributed by atoms with van der Waals surface area (Å²) in [6.45, 7) is 2.75. The largest absolute Gasteiger partial charge is 0.494 e. The zero-order chi connectivity index (χ0) is 12.1. The molecular weight excluding hydrogens is 210 g/mol. The molecule has 2 unspecified atom stereocenters. The Morgan fingerprint density at radius 3 is 2.94 bits per heavy atom. The van der Waals surface area contributed by atoms with Gasteiger partial charge in [0.25, 0.3) is 0 Å². The Balaban J connectivity index is 2.11. The van der Waals surface area contributed by atoms with Crippen molar-refractivity contribution in [2.45, 2.75) is 51.0 Å². The van der Waals surface area contributed by atoms with Crippen LogP contribution < -0.4 is 10.5 Å². The summed E-state index contributed by atoms with van der Waals surface area (Å²) in [6, 6.07) is 8.90. The second-order valence-corrected chi connectivity index (χ2v) is 4.98. The van der Waals surface area contributed by atoms with Crippen molar-refractivity contribution in [3.8, 4) is 5.75 Å². The molecule has 0 radical (unpaired) electrons. The van der Waals surface area contributed by atoms with Gasteiger partial charge in [-0.25, -0.2) is 0 Å². The Morgan fingerprint density at radius 1 is 1.29 bits per heavy atom. The van der Waals surface area contributed by atoms with E-state index in [1.165, 1.54) is 31.2 Å². The molecule has 2 nitrogen and oxygen atoms in total. The Bertz CT molecular complexity index is 351. The maximum atomic E-state index is 6.13. The van der Waals surface area contributed by atoms with E-state index in [2.05, 4.69) is 18.2 Å². The Morgan fingerprint density at radius 2 is 2.12 bits per heavy atom. The van der Waals surface area contributed by atoms with Gasteiger partial charge in [0.05, 0.1) is 6.61 Å². The number of hydrogen-bond donors (Lipinski definition) is 1. The van der Waals surface area contributed by atoms with Crippen molar-refractivity contribution in [1.29, 1.82) is 0 Å². The van der Waals surface area contributed by atoms with Crippen molar-refractivity contribution in [2.24, 2.45) is 5.73 Å². The highest BCUT2D eigenvalue weighted by Gasteiger charge is 2.19. The maximum absolute atomic E-state index is 6.13. The lowest BCUT2D eigenvalue weighted by molar-refractivity contribution is 0.339. The molecule has 2 rings (SSSR count). The molecular formula is C15H23NO. The van der Waals surface area contributed by atoms with Gasteiger partial charge in [0, 0.05) is 6.04 Å². The summed E-state index contributed by atoms with van der Waals surface area (Å²) in [5, 5.41) is 0. The number of rotatable bonds is 3. The molecule has 0 heterocycles. The van der Waals surface area contributed by atoms with Gasteiger partial charge in [0.15, 0.2) is 0 Å². The summed E-state index contributed by atoms with van der Waals surface area (Å²) in [7, 11) is 0. The molecule has 2 N–H and O–H groups in total. The highest BCUT2D eigenvalue weighted by Crippen LogP contribution is 2.32. The zero-order valence-electron chi connectivity index (χ0n) is 10.7. The molecule has 1 saturated carbocycles. The average molecular weight is 233 g/mol. The SMILES string of the molecule is CCOc1cccc(C2CCCCC(N)C2)c1. The van der Waals surface area contributed by atoms with Crippen molar-refractivity contribution >= 4 is 0 Å². The predicted octanol–water partition coefficient (Wildman–Crippen LogP) is 3.46. The van der Waals surface area contributed by atoms with Crippen LogP contribution in [0.5, 0.6) is 5.75 Å². The minimum absolute atomic E-state index is 0.373. The summed E-state index contributed by atoms with van der Waals surface area (Å²) < 4.78 is 5.56. The van der Waals surface area contributed by atoms with Gasteiger partial charge in [-0.05, 0) is 49.8 Å². The smallest absolute Gasteiger partial charge is 0.119 e. The van der Waals surface area contributed by atoms with Crippen molar-refractivity contribution in [3.05, 3.63) is 29.8 Å². The van der Waals surface area contributed by atoms with Crippen LogP contribution in [0.1, 0.15) is 50.5 Å². The molecule has 94 valence electrons. The topological polar surface area (TPSA) is 35.2 Å². The molecule has 1 fully saturated rings. The zero-order valence-corrected chi connectivity index (χ0v) is 10.7. The summed E-state index contributed by atoms with van der Waals surface area (Å²) in [4.78, 5) is 0. The molecule has 2 atom stereocenters. The van der Waals surface area contributed by atoms with Crippen LogP contribution >= 0.6 is 0 Å². The van der Waals surface area contributed by atoms with Crippen molar-refractivity contribution in [3.63, 3.8) is 0 Å². The van der Waals surface area contributed by atoms with Crippen molar-refractivity contribution in [2.75, 3.05) is 6.61 Å². The summed E-state index contributed by atoms with van der Waals surface area (Å²) in [5.74, 6) is 1.61. The number of hydrogen-bond acceptors (Lipinski definition) is 2. The molecule has 1 aliphatic rings. The molecule has 0 aromatic heterocycles. The van der Waals surface area contributed by atoms with Crippen LogP contribution in [0.15, 0.2) is 24.3 Å². The van der Waals surface area contributed by atoms with Crippen LogP contribution in [0.2, 0.25) is 0 Å². The van der Waals surface area contributed by atoms with E-state index in [1.807, 2.05) is 13.0 Å². The van der Waals surface area contributed by atoms with Crippen molar-refractivity contribution < 1.29 is 4.74 Å². The fourth-order valence-electron chi connectivity index (χ4n) is 2.73. The van der Waals surface area contributed by atoms with E-state index in [0.717, 1.165) is 18.8 Å². The van der Waals surface area contributed by atoms with Gasteiger partial charge in [-0.1, -0.05) is 25.0 Å². The van der Waals surface area contributed by atoms with E-state index in [4.69, 9.17) is 10.5 Å². The Kier molecular flexibility index (Phi) is 4.43. The summed E-state index contributed by atoms with van der Waals surface area (Å²) in [5.41, 5.74) is 7.52. The third-order valence-electron chi connectivity index (χ3n) is 3.61. The van der Waals surface area contributed by atoms with E-state index in [9.17, 15) is 0 Å². The normalized spacial score (nSPS) is 25.3. The first kappa shape index (κ1) is 12.4. The fourth-order valence-corrected chi connectivity index (χ4v) is 2.73. The van der Waals surface area contributed by atoms with Gasteiger partial charge in [-0.3, -0.25) is 0 Å². The highest BCUT2D eigenvalue weighted by atomic mass is 16.5. The van der Waals surface area contributed by atoms with Gasteiger partial charge < -0.3 is 10.5 Å². The standard InChI is InChI=1S/C15H23NO/c1-2-17-15-9-5-7-13(11-15)12-6-3-4-8-14(16)10-12/h5,7,9,11-12,14H,2-4,6,8,10,16H2,1H3. The first-order valence-electron chi connectivity index (χ1n) is 6.78. The Labute approximate surface area is 104 Å². The van der Waals surface area contributed by atoms with Gasteiger partial charge in [-0.15, -0.1) is 0 Å². The van der Waals surface area contributed by atoms with E-state index >= 15 is 0 Å². The lowest BCUT2D eigenvalue weighted by atomic mass is 9.90.